The highest BCUT2D eigenvalue weighted by Crippen LogP contribution is 2.27. The van der Waals surface area contributed by atoms with Crippen LogP contribution in [0.3, 0.4) is 0 Å². The maximum atomic E-state index is 10.2. The number of fused-ring (bicyclic) bond motifs is 1. The van der Waals surface area contributed by atoms with Gasteiger partial charge in [-0.1, -0.05) is 6.07 Å². The SMILES string of the molecule is O=CNc1cccc2sccc12. The van der Waals surface area contributed by atoms with Crippen LogP contribution in [-0.2, 0) is 4.79 Å². The van der Waals surface area contributed by atoms with Crippen molar-refractivity contribution in [3.63, 3.8) is 0 Å². The predicted octanol–water partition coefficient (Wildman–Crippen LogP) is 2.47. The average molecular weight is 177 g/mol. The highest BCUT2D eigenvalue weighted by molar-refractivity contribution is 7.17. The van der Waals surface area contributed by atoms with Crippen LogP contribution in [0.15, 0.2) is 29.6 Å². The highest BCUT2D eigenvalue weighted by atomic mass is 32.1. The standard InChI is InChI=1S/C9H7NOS/c11-6-10-8-2-1-3-9-7(8)4-5-12-9/h1-6H,(H,10,11). The Morgan fingerprint density at radius 2 is 2.25 bits per heavy atom. The number of rotatable bonds is 2. The molecule has 0 spiro atoms. The number of hydrogen-bond donors (Lipinski definition) is 1. The average Bonchev–Trinajstić information content (AvgIpc) is 2.53. The first kappa shape index (κ1) is 7.31. The summed E-state index contributed by atoms with van der Waals surface area (Å²) in [5.74, 6) is 0. The molecule has 60 valence electrons. The zero-order valence-corrected chi connectivity index (χ0v) is 7.10. The van der Waals surface area contributed by atoms with E-state index in [1.165, 1.54) is 4.70 Å². The van der Waals surface area contributed by atoms with E-state index in [1.54, 1.807) is 11.3 Å². The lowest BCUT2D eigenvalue weighted by atomic mass is 10.2. The summed E-state index contributed by atoms with van der Waals surface area (Å²) in [6.07, 6.45) is 0.701. The van der Waals surface area contributed by atoms with E-state index in [1.807, 2.05) is 29.6 Å². The van der Waals surface area contributed by atoms with Crippen molar-refractivity contribution in [1.82, 2.24) is 0 Å². The Balaban J connectivity index is 2.65. The van der Waals surface area contributed by atoms with Crippen LogP contribution in [-0.4, -0.2) is 6.41 Å². The Morgan fingerprint density at radius 3 is 3.08 bits per heavy atom. The number of carbonyl (C=O) groups excluding carboxylic acids is 1. The van der Waals surface area contributed by atoms with Crippen LogP contribution in [0.4, 0.5) is 5.69 Å². The molecule has 0 aliphatic carbocycles. The van der Waals surface area contributed by atoms with Crippen LogP contribution in [0, 0.1) is 0 Å². The first-order valence-corrected chi connectivity index (χ1v) is 4.46. The molecule has 2 nitrogen and oxygen atoms in total. The molecule has 0 radical (unpaired) electrons. The molecule has 1 aromatic heterocycles. The van der Waals surface area contributed by atoms with Crippen molar-refractivity contribution < 1.29 is 4.79 Å². The molecule has 0 unspecified atom stereocenters. The lowest BCUT2D eigenvalue weighted by Gasteiger charge is -1.98. The second-order valence-electron chi connectivity index (χ2n) is 2.40. The third kappa shape index (κ3) is 1.08. The Hall–Kier alpha value is -1.35. The van der Waals surface area contributed by atoms with Gasteiger partial charge in [0.05, 0.1) is 0 Å². The Kier molecular flexibility index (Phi) is 1.80. The number of nitrogens with one attached hydrogen (secondary N) is 1. The zero-order chi connectivity index (χ0) is 8.39. The van der Waals surface area contributed by atoms with Gasteiger partial charge in [-0.25, -0.2) is 0 Å². The highest BCUT2D eigenvalue weighted by Gasteiger charge is 1.98. The summed E-state index contributed by atoms with van der Waals surface area (Å²) in [7, 11) is 0. The monoisotopic (exact) mass is 177 g/mol. The first-order chi connectivity index (χ1) is 5.92. The predicted molar refractivity (Wildman–Crippen MR) is 51.5 cm³/mol. The molecular formula is C9H7NOS. The molecule has 1 amide bonds. The normalized spacial score (nSPS) is 10.0. The topological polar surface area (TPSA) is 29.1 Å². The fourth-order valence-electron chi connectivity index (χ4n) is 1.18. The molecule has 3 heteroatoms. The Morgan fingerprint density at radius 1 is 1.33 bits per heavy atom. The fraction of sp³-hybridized carbons (Fsp3) is 0. The number of thiophene rings is 1. The molecule has 0 aliphatic rings. The largest absolute Gasteiger partial charge is 0.328 e. The van der Waals surface area contributed by atoms with Crippen LogP contribution in [0.1, 0.15) is 0 Å². The second-order valence-corrected chi connectivity index (χ2v) is 3.35. The van der Waals surface area contributed by atoms with Crippen LogP contribution in [0.2, 0.25) is 0 Å². The van der Waals surface area contributed by atoms with Crippen molar-refractivity contribution in [2.75, 3.05) is 5.32 Å². The maximum Gasteiger partial charge on any atom is 0.211 e. The van der Waals surface area contributed by atoms with Crippen molar-refractivity contribution in [3.05, 3.63) is 29.6 Å². The molecule has 0 saturated carbocycles. The van der Waals surface area contributed by atoms with Gasteiger partial charge >= 0.3 is 0 Å². The van der Waals surface area contributed by atoms with Gasteiger partial charge in [-0.3, -0.25) is 4.79 Å². The minimum absolute atomic E-state index is 0.701. The van der Waals surface area contributed by atoms with Crippen LogP contribution >= 0.6 is 11.3 Å². The number of amides is 1. The van der Waals surface area contributed by atoms with Gasteiger partial charge in [-0.2, -0.15) is 0 Å². The molecule has 0 aliphatic heterocycles. The van der Waals surface area contributed by atoms with Gasteiger partial charge in [0, 0.05) is 15.8 Å². The third-order valence-corrected chi connectivity index (χ3v) is 2.59. The molecule has 2 rings (SSSR count). The second kappa shape index (κ2) is 2.95. The van der Waals surface area contributed by atoms with E-state index in [0.29, 0.717) is 6.41 Å². The minimum atomic E-state index is 0.701. The molecule has 2 aromatic rings. The van der Waals surface area contributed by atoms with Gasteiger partial charge in [-0.15, -0.1) is 11.3 Å². The zero-order valence-electron chi connectivity index (χ0n) is 6.28. The smallest absolute Gasteiger partial charge is 0.211 e. The number of benzene rings is 1. The van der Waals surface area contributed by atoms with Crippen LogP contribution in [0.25, 0.3) is 10.1 Å². The fourth-order valence-corrected chi connectivity index (χ4v) is 2.00. The Bertz CT molecular complexity index is 408. The molecule has 1 aromatic carbocycles. The van der Waals surface area contributed by atoms with E-state index in [-0.39, 0.29) is 0 Å². The molecule has 1 N–H and O–H groups in total. The van der Waals surface area contributed by atoms with Gasteiger partial charge < -0.3 is 5.32 Å². The quantitative estimate of drug-likeness (QED) is 0.701. The van der Waals surface area contributed by atoms with E-state index in [2.05, 4.69) is 5.32 Å². The summed E-state index contributed by atoms with van der Waals surface area (Å²) in [5.41, 5.74) is 0.878. The summed E-state index contributed by atoms with van der Waals surface area (Å²) < 4.78 is 1.20. The van der Waals surface area contributed by atoms with E-state index in [9.17, 15) is 4.79 Å². The van der Waals surface area contributed by atoms with Gasteiger partial charge in [0.25, 0.3) is 0 Å². The Labute approximate surface area is 73.8 Å². The summed E-state index contributed by atoms with van der Waals surface area (Å²) >= 11 is 1.67. The third-order valence-electron chi connectivity index (χ3n) is 1.71. The summed E-state index contributed by atoms with van der Waals surface area (Å²) in [6, 6.07) is 7.87. The maximum absolute atomic E-state index is 10.2. The van der Waals surface area contributed by atoms with Gasteiger partial charge in [-0.05, 0) is 23.6 Å². The van der Waals surface area contributed by atoms with Crippen molar-refractivity contribution >= 4 is 33.5 Å². The van der Waals surface area contributed by atoms with Gasteiger partial charge in [0.1, 0.15) is 0 Å². The van der Waals surface area contributed by atoms with E-state index in [4.69, 9.17) is 0 Å². The number of carbonyl (C=O) groups is 1. The van der Waals surface area contributed by atoms with Crippen molar-refractivity contribution in [3.8, 4) is 0 Å². The molecule has 0 fully saturated rings. The first-order valence-electron chi connectivity index (χ1n) is 3.58. The summed E-state index contributed by atoms with van der Waals surface area (Å²) in [4.78, 5) is 10.2. The lowest BCUT2D eigenvalue weighted by Crippen LogP contribution is -1.92. The van der Waals surface area contributed by atoms with E-state index >= 15 is 0 Å². The summed E-state index contributed by atoms with van der Waals surface area (Å²) in [6.45, 7) is 0. The molecule has 0 atom stereocenters. The molecule has 0 bridgehead atoms. The molecule has 12 heavy (non-hydrogen) atoms. The summed E-state index contributed by atoms with van der Waals surface area (Å²) in [5, 5.41) is 5.78. The molecular weight excluding hydrogens is 170 g/mol. The lowest BCUT2D eigenvalue weighted by molar-refractivity contribution is -0.105. The number of anilines is 1. The van der Waals surface area contributed by atoms with Crippen molar-refractivity contribution in [2.45, 2.75) is 0 Å². The molecule has 1 heterocycles. The number of hydrogen-bond acceptors (Lipinski definition) is 2. The van der Waals surface area contributed by atoms with E-state index < -0.39 is 0 Å². The van der Waals surface area contributed by atoms with Crippen LogP contribution < -0.4 is 5.32 Å². The van der Waals surface area contributed by atoms with Gasteiger partial charge in [0.2, 0.25) is 6.41 Å². The van der Waals surface area contributed by atoms with Crippen LogP contribution in [0.5, 0.6) is 0 Å². The van der Waals surface area contributed by atoms with E-state index in [0.717, 1.165) is 11.1 Å². The van der Waals surface area contributed by atoms with Gasteiger partial charge in [0.15, 0.2) is 0 Å². The minimum Gasteiger partial charge on any atom is -0.328 e. The molecule has 0 saturated heterocycles. The van der Waals surface area contributed by atoms with Crippen molar-refractivity contribution in [1.29, 1.82) is 0 Å². The van der Waals surface area contributed by atoms with Crippen molar-refractivity contribution in [2.24, 2.45) is 0 Å².